The molecule has 1 aliphatic carbocycles. The van der Waals surface area contributed by atoms with Crippen LogP contribution in [0, 0.1) is 12.8 Å². The Hall–Kier alpha value is -2.49. The van der Waals surface area contributed by atoms with Crippen LogP contribution >= 0.6 is 0 Å². The molecular weight excluding hydrogens is 373 g/mol. The van der Waals surface area contributed by atoms with Crippen LogP contribution in [0.3, 0.4) is 0 Å². The van der Waals surface area contributed by atoms with Crippen molar-refractivity contribution < 1.29 is 18.0 Å². The maximum atomic E-state index is 12.6. The third-order valence-corrected chi connectivity index (χ3v) is 4.75. The predicted octanol–water partition coefficient (Wildman–Crippen LogP) is 2.41. The van der Waals surface area contributed by atoms with Crippen molar-refractivity contribution in [2.24, 2.45) is 5.92 Å². The van der Waals surface area contributed by atoms with Gasteiger partial charge in [0.05, 0.1) is 6.54 Å². The molecule has 2 aromatic heterocycles. The van der Waals surface area contributed by atoms with Crippen LogP contribution < -0.4 is 10.6 Å². The number of imidazole rings is 1. The summed E-state index contributed by atoms with van der Waals surface area (Å²) in [6.07, 6.45) is 3.71. The Morgan fingerprint density at radius 2 is 2.00 bits per heavy atom. The number of carbonyl (C=O) groups is 1. The largest absolute Gasteiger partial charge is 0.401 e. The number of aromatic nitrogens is 4. The molecular formula is C18H23F3N6O. The highest BCUT2D eigenvalue weighted by Crippen LogP contribution is 2.24. The molecule has 0 unspecified atom stereocenters. The Morgan fingerprint density at radius 1 is 1.25 bits per heavy atom. The molecule has 152 valence electrons. The third-order valence-electron chi connectivity index (χ3n) is 4.75. The minimum atomic E-state index is -4.18. The van der Waals surface area contributed by atoms with Crippen LogP contribution in [0.1, 0.15) is 41.9 Å². The lowest BCUT2D eigenvalue weighted by molar-refractivity contribution is -0.125. The van der Waals surface area contributed by atoms with E-state index in [0.29, 0.717) is 18.2 Å². The number of rotatable bonds is 6. The highest BCUT2D eigenvalue weighted by atomic mass is 19.4. The average molecular weight is 396 g/mol. The van der Waals surface area contributed by atoms with Gasteiger partial charge < -0.3 is 10.6 Å². The van der Waals surface area contributed by atoms with E-state index in [0.717, 1.165) is 25.7 Å². The second-order valence-electron chi connectivity index (χ2n) is 7.10. The number of nitrogens with zero attached hydrogens (tertiary/aromatic N) is 4. The predicted molar refractivity (Wildman–Crippen MR) is 96.0 cm³/mol. The smallest absolute Gasteiger partial charge is 0.348 e. The molecule has 0 radical (unpaired) electrons. The molecule has 10 heteroatoms. The molecule has 0 aliphatic heterocycles. The van der Waals surface area contributed by atoms with E-state index < -0.39 is 12.7 Å². The molecule has 1 saturated carbocycles. The Bertz CT molecular complexity index is 785. The van der Waals surface area contributed by atoms with Crippen LogP contribution in [0.25, 0.3) is 5.95 Å². The average Bonchev–Trinajstić information content (AvgIpc) is 3.16. The van der Waals surface area contributed by atoms with E-state index in [-0.39, 0.29) is 23.6 Å². The SMILES string of the molecule is Cc1cc(C(=O)N[C@H]2CC[C@H](CNCC(F)(F)F)CC2)nc(-n2ccnc2)n1. The molecule has 0 aromatic carbocycles. The number of halogens is 3. The van der Waals surface area contributed by atoms with Gasteiger partial charge in [-0.2, -0.15) is 13.2 Å². The first-order valence-corrected chi connectivity index (χ1v) is 9.22. The summed E-state index contributed by atoms with van der Waals surface area (Å²) in [5, 5.41) is 5.45. The van der Waals surface area contributed by atoms with Crippen molar-refractivity contribution in [1.29, 1.82) is 0 Å². The van der Waals surface area contributed by atoms with Crippen molar-refractivity contribution in [1.82, 2.24) is 30.2 Å². The molecule has 0 saturated heterocycles. The first-order valence-electron chi connectivity index (χ1n) is 9.22. The van der Waals surface area contributed by atoms with Crippen molar-refractivity contribution in [3.05, 3.63) is 36.2 Å². The van der Waals surface area contributed by atoms with Gasteiger partial charge in [0.15, 0.2) is 0 Å². The summed E-state index contributed by atoms with van der Waals surface area (Å²) in [7, 11) is 0. The fourth-order valence-electron chi connectivity index (χ4n) is 3.35. The van der Waals surface area contributed by atoms with E-state index in [1.165, 1.54) is 0 Å². The van der Waals surface area contributed by atoms with Gasteiger partial charge in [-0.15, -0.1) is 0 Å². The summed E-state index contributed by atoms with van der Waals surface area (Å²) in [6, 6.07) is 1.63. The van der Waals surface area contributed by atoms with Gasteiger partial charge in [0.1, 0.15) is 12.0 Å². The van der Waals surface area contributed by atoms with Crippen LogP contribution in [0.4, 0.5) is 13.2 Å². The lowest BCUT2D eigenvalue weighted by atomic mass is 9.86. The van der Waals surface area contributed by atoms with Crippen molar-refractivity contribution in [2.75, 3.05) is 13.1 Å². The van der Waals surface area contributed by atoms with Crippen LogP contribution in [-0.2, 0) is 0 Å². The van der Waals surface area contributed by atoms with Crippen LogP contribution in [0.5, 0.6) is 0 Å². The fourth-order valence-corrected chi connectivity index (χ4v) is 3.35. The molecule has 0 atom stereocenters. The molecule has 3 rings (SSSR count). The van der Waals surface area contributed by atoms with Gasteiger partial charge in [-0.25, -0.2) is 15.0 Å². The van der Waals surface area contributed by atoms with Crippen LogP contribution in [0.15, 0.2) is 24.8 Å². The molecule has 0 spiro atoms. The van der Waals surface area contributed by atoms with Crippen molar-refractivity contribution >= 4 is 5.91 Å². The zero-order valence-electron chi connectivity index (χ0n) is 15.5. The van der Waals surface area contributed by atoms with Gasteiger partial charge in [0, 0.05) is 24.1 Å². The monoisotopic (exact) mass is 396 g/mol. The van der Waals surface area contributed by atoms with Crippen LogP contribution in [-0.4, -0.2) is 50.7 Å². The number of nitrogens with one attached hydrogen (secondary N) is 2. The molecule has 7 nitrogen and oxygen atoms in total. The van der Waals surface area contributed by atoms with E-state index in [2.05, 4.69) is 25.6 Å². The Morgan fingerprint density at radius 3 is 2.64 bits per heavy atom. The van der Waals surface area contributed by atoms with E-state index in [1.54, 1.807) is 36.3 Å². The van der Waals surface area contributed by atoms with Gasteiger partial charge in [0.25, 0.3) is 5.91 Å². The molecule has 2 N–H and O–H groups in total. The summed E-state index contributed by atoms with van der Waals surface area (Å²) in [5.74, 6) is 0.303. The summed E-state index contributed by atoms with van der Waals surface area (Å²) < 4.78 is 38.2. The maximum Gasteiger partial charge on any atom is 0.401 e. The molecule has 1 fully saturated rings. The van der Waals surface area contributed by atoms with Gasteiger partial charge >= 0.3 is 6.18 Å². The minimum Gasteiger partial charge on any atom is -0.348 e. The number of amides is 1. The lowest BCUT2D eigenvalue weighted by Gasteiger charge is -2.29. The number of hydrogen-bond acceptors (Lipinski definition) is 5. The van der Waals surface area contributed by atoms with Gasteiger partial charge in [-0.3, -0.25) is 9.36 Å². The normalized spacial score (nSPS) is 20.1. The van der Waals surface area contributed by atoms with Crippen molar-refractivity contribution in [3.63, 3.8) is 0 Å². The summed E-state index contributed by atoms with van der Waals surface area (Å²) >= 11 is 0. The summed E-state index contributed by atoms with van der Waals surface area (Å²) in [6.45, 7) is 1.17. The number of alkyl halides is 3. The van der Waals surface area contributed by atoms with Crippen molar-refractivity contribution in [3.8, 4) is 5.95 Å². The van der Waals surface area contributed by atoms with Crippen molar-refractivity contribution in [2.45, 2.75) is 44.8 Å². The molecule has 2 heterocycles. The summed E-state index contributed by atoms with van der Waals surface area (Å²) in [4.78, 5) is 25.1. The number of aryl methyl sites for hydroxylation is 1. The Kier molecular flexibility index (Phi) is 6.28. The second-order valence-corrected chi connectivity index (χ2v) is 7.10. The first kappa shape index (κ1) is 20.2. The maximum absolute atomic E-state index is 12.6. The van der Waals surface area contributed by atoms with E-state index >= 15 is 0 Å². The molecule has 28 heavy (non-hydrogen) atoms. The van der Waals surface area contributed by atoms with E-state index in [1.807, 2.05) is 0 Å². The molecule has 2 aromatic rings. The molecule has 1 aliphatic rings. The van der Waals surface area contributed by atoms with Crippen LogP contribution in [0.2, 0.25) is 0 Å². The molecule has 1 amide bonds. The lowest BCUT2D eigenvalue weighted by Crippen LogP contribution is -2.40. The third kappa shape index (κ3) is 5.75. The Labute approximate surface area is 160 Å². The Balaban J connectivity index is 1.51. The standard InChI is InChI=1S/C18H23F3N6O/c1-12-8-15(26-17(24-12)27-7-6-22-11-27)16(28)25-14-4-2-13(3-5-14)9-23-10-18(19,20)21/h6-8,11,13-14,23H,2-5,9-10H2,1H3,(H,25,28)/t13-,14-. The van der Waals surface area contributed by atoms with Gasteiger partial charge in [-0.05, 0) is 51.1 Å². The number of hydrogen-bond donors (Lipinski definition) is 2. The quantitative estimate of drug-likeness (QED) is 0.783. The zero-order chi connectivity index (χ0) is 20.1. The van der Waals surface area contributed by atoms with Gasteiger partial charge in [0.2, 0.25) is 5.95 Å². The fraction of sp³-hybridized carbons (Fsp3) is 0.556. The topological polar surface area (TPSA) is 84.7 Å². The summed E-state index contributed by atoms with van der Waals surface area (Å²) in [5.41, 5.74) is 0.952. The van der Waals surface area contributed by atoms with E-state index in [4.69, 9.17) is 0 Å². The minimum absolute atomic E-state index is 0.00154. The zero-order valence-corrected chi connectivity index (χ0v) is 15.5. The number of carbonyl (C=O) groups excluding carboxylic acids is 1. The highest BCUT2D eigenvalue weighted by Gasteiger charge is 2.28. The van der Waals surface area contributed by atoms with E-state index in [9.17, 15) is 18.0 Å². The van der Waals surface area contributed by atoms with Gasteiger partial charge in [-0.1, -0.05) is 0 Å². The first-order chi connectivity index (χ1) is 13.3. The molecule has 0 bridgehead atoms. The highest BCUT2D eigenvalue weighted by molar-refractivity contribution is 5.92. The second kappa shape index (κ2) is 8.68.